The molecule has 2 heterocycles. The minimum Gasteiger partial charge on any atom is -0.375 e. The highest BCUT2D eigenvalue weighted by molar-refractivity contribution is 5.80. The fraction of sp³-hybridized carbons (Fsp3) is 0.923. The van der Waals surface area contributed by atoms with Crippen molar-refractivity contribution in [1.82, 2.24) is 4.90 Å². The van der Waals surface area contributed by atoms with E-state index in [9.17, 15) is 13.6 Å². The molecular weight excluding hydrogens is 256 g/mol. The average molecular weight is 275 g/mol. The lowest BCUT2D eigenvalue weighted by molar-refractivity contribution is -0.204. The fourth-order valence-electron chi connectivity index (χ4n) is 3.27. The van der Waals surface area contributed by atoms with E-state index < -0.39 is 12.7 Å². The number of hydrogen-bond donors (Lipinski definition) is 0. The van der Waals surface area contributed by atoms with E-state index in [0.29, 0.717) is 19.7 Å². The first-order chi connectivity index (χ1) is 9.08. The van der Waals surface area contributed by atoms with Crippen LogP contribution in [0.3, 0.4) is 0 Å². The molecular formula is C13H19F2NO3. The van der Waals surface area contributed by atoms with Crippen LogP contribution in [0, 0.1) is 5.92 Å². The Bertz CT molecular complexity index is 354. The third kappa shape index (κ3) is 2.60. The Kier molecular flexibility index (Phi) is 3.47. The van der Waals surface area contributed by atoms with Gasteiger partial charge in [0.05, 0.1) is 11.7 Å². The molecule has 1 unspecified atom stereocenters. The first-order valence-electron chi connectivity index (χ1n) is 6.94. The molecule has 2 saturated heterocycles. The zero-order valence-electron chi connectivity index (χ0n) is 10.8. The molecule has 3 rings (SSSR count). The van der Waals surface area contributed by atoms with Gasteiger partial charge in [-0.15, -0.1) is 0 Å². The third-order valence-corrected chi connectivity index (χ3v) is 4.56. The maximum absolute atomic E-state index is 12.3. The highest BCUT2D eigenvalue weighted by Crippen LogP contribution is 2.44. The smallest absolute Gasteiger partial charge is 0.345 e. The predicted molar refractivity (Wildman–Crippen MR) is 62.7 cm³/mol. The van der Waals surface area contributed by atoms with Gasteiger partial charge in [-0.05, 0) is 32.1 Å². The van der Waals surface area contributed by atoms with Crippen molar-refractivity contribution in [3.05, 3.63) is 0 Å². The van der Waals surface area contributed by atoms with E-state index in [1.807, 2.05) is 0 Å². The molecule has 0 aromatic heterocycles. The van der Waals surface area contributed by atoms with Crippen LogP contribution in [0.1, 0.15) is 32.1 Å². The van der Waals surface area contributed by atoms with Gasteiger partial charge in [0.1, 0.15) is 0 Å². The molecule has 2 aliphatic heterocycles. The van der Waals surface area contributed by atoms with E-state index in [2.05, 4.69) is 4.74 Å². The van der Waals surface area contributed by atoms with Gasteiger partial charge in [0.25, 0.3) is 0 Å². The Morgan fingerprint density at radius 3 is 2.68 bits per heavy atom. The van der Waals surface area contributed by atoms with E-state index in [1.165, 1.54) is 6.42 Å². The summed E-state index contributed by atoms with van der Waals surface area (Å²) in [5, 5.41) is 0. The van der Waals surface area contributed by atoms with Crippen molar-refractivity contribution in [3.8, 4) is 0 Å². The highest BCUT2D eigenvalue weighted by atomic mass is 19.3. The molecule has 1 saturated carbocycles. The van der Waals surface area contributed by atoms with Crippen LogP contribution in [0.15, 0.2) is 0 Å². The molecule has 0 radical (unpaired) electrons. The first kappa shape index (κ1) is 13.2. The number of rotatable bonds is 3. The second kappa shape index (κ2) is 4.98. The van der Waals surface area contributed by atoms with Crippen LogP contribution >= 0.6 is 0 Å². The van der Waals surface area contributed by atoms with Crippen molar-refractivity contribution in [2.45, 2.75) is 50.4 Å². The molecule has 1 aliphatic carbocycles. The molecule has 1 spiro atoms. The quantitative estimate of drug-likeness (QED) is 0.788. The summed E-state index contributed by atoms with van der Waals surface area (Å²) in [6.45, 7) is -1.51. The van der Waals surface area contributed by atoms with Gasteiger partial charge in [-0.1, -0.05) is 0 Å². The lowest BCUT2D eigenvalue weighted by Gasteiger charge is -2.48. The van der Waals surface area contributed by atoms with Gasteiger partial charge < -0.3 is 14.4 Å². The Hall–Kier alpha value is -0.750. The molecule has 4 nitrogen and oxygen atoms in total. The van der Waals surface area contributed by atoms with E-state index in [1.54, 1.807) is 4.90 Å². The van der Waals surface area contributed by atoms with E-state index in [-0.39, 0.29) is 17.4 Å². The molecule has 19 heavy (non-hydrogen) atoms. The zero-order valence-corrected chi connectivity index (χ0v) is 10.8. The topological polar surface area (TPSA) is 38.8 Å². The van der Waals surface area contributed by atoms with Crippen molar-refractivity contribution in [1.29, 1.82) is 0 Å². The van der Waals surface area contributed by atoms with Crippen molar-refractivity contribution in [3.63, 3.8) is 0 Å². The summed E-state index contributed by atoms with van der Waals surface area (Å²) in [6.07, 6.45) is 4.32. The number of ether oxygens (including phenoxy) is 2. The number of nitrogens with zero attached hydrogens (tertiary/aromatic N) is 1. The first-order valence-corrected chi connectivity index (χ1v) is 6.94. The van der Waals surface area contributed by atoms with Gasteiger partial charge in [0.2, 0.25) is 5.91 Å². The molecule has 3 aliphatic rings. The maximum atomic E-state index is 12.3. The summed E-state index contributed by atoms with van der Waals surface area (Å²) < 4.78 is 34.2. The van der Waals surface area contributed by atoms with E-state index >= 15 is 0 Å². The van der Waals surface area contributed by atoms with Gasteiger partial charge in [0, 0.05) is 25.6 Å². The number of likely N-dealkylation sites (tertiary alicyclic amines) is 1. The Morgan fingerprint density at radius 1 is 1.37 bits per heavy atom. The highest BCUT2D eigenvalue weighted by Gasteiger charge is 2.46. The summed E-state index contributed by atoms with van der Waals surface area (Å²) in [4.78, 5) is 13.9. The van der Waals surface area contributed by atoms with Crippen LogP contribution < -0.4 is 0 Å². The number of alkyl halides is 2. The minimum atomic E-state index is -2.75. The number of carbonyl (C=O) groups excluding carboxylic acids is 1. The molecule has 0 bridgehead atoms. The zero-order chi connectivity index (χ0) is 13.5. The largest absolute Gasteiger partial charge is 0.375 e. The molecule has 108 valence electrons. The summed E-state index contributed by atoms with van der Waals surface area (Å²) >= 11 is 0. The molecule has 1 atom stereocenters. The van der Waals surface area contributed by atoms with Crippen molar-refractivity contribution in [2.24, 2.45) is 5.92 Å². The number of carbonyl (C=O) groups is 1. The third-order valence-electron chi connectivity index (χ3n) is 4.56. The second-order valence-electron chi connectivity index (χ2n) is 5.84. The van der Waals surface area contributed by atoms with Gasteiger partial charge in [-0.25, -0.2) is 0 Å². The Labute approximate surface area is 111 Å². The van der Waals surface area contributed by atoms with Crippen LogP contribution in [0.5, 0.6) is 0 Å². The molecule has 0 N–H and O–H groups in total. The van der Waals surface area contributed by atoms with Crippen LogP contribution in [0.25, 0.3) is 0 Å². The number of amides is 1. The summed E-state index contributed by atoms with van der Waals surface area (Å²) in [5.41, 5.74) is -0.0533. The second-order valence-corrected chi connectivity index (χ2v) is 5.84. The van der Waals surface area contributed by atoms with E-state index in [0.717, 1.165) is 25.7 Å². The van der Waals surface area contributed by atoms with Gasteiger partial charge in [-0.2, -0.15) is 8.78 Å². The SMILES string of the molecule is O=C(C1CCOC2(CCC2)C1)N1CC(OC(F)F)C1. The van der Waals surface area contributed by atoms with Gasteiger partial charge in [0.15, 0.2) is 0 Å². The van der Waals surface area contributed by atoms with Crippen LogP contribution in [0.4, 0.5) is 8.78 Å². The molecule has 0 aromatic carbocycles. The molecule has 0 aromatic rings. The van der Waals surface area contributed by atoms with Crippen molar-refractivity contribution >= 4 is 5.91 Å². The average Bonchev–Trinajstić information content (AvgIpc) is 2.30. The van der Waals surface area contributed by atoms with Gasteiger partial charge in [-0.3, -0.25) is 4.79 Å². The molecule has 6 heteroatoms. The summed E-state index contributed by atoms with van der Waals surface area (Å²) in [7, 11) is 0. The van der Waals surface area contributed by atoms with Crippen LogP contribution in [-0.2, 0) is 14.3 Å². The predicted octanol–water partition coefficient (Wildman–Crippen LogP) is 1.79. The summed E-state index contributed by atoms with van der Waals surface area (Å²) in [5.74, 6) is 0.0882. The maximum Gasteiger partial charge on any atom is 0.345 e. The van der Waals surface area contributed by atoms with Crippen molar-refractivity contribution < 1.29 is 23.0 Å². The monoisotopic (exact) mass is 275 g/mol. The van der Waals surface area contributed by atoms with Crippen LogP contribution in [0.2, 0.25) is 0 Å². The number of halogens is 2. The Balaban J connectivity index is 1.48. The minimum absolute atomic E-state index is 0.00144. The number of hydrogen-bond acceptors (Lipinski definition) is 3. The fourth-order valence-corrected chi connectivity index (χ4v) is 3.27. The van der Waals surface area contributed by atoms with E-state index in [4.69, 9.17) is 4.74 Å². The lowest BCUT2D eigenvalue weighted by Crippen LogP contribution is -2.58. The molecule has 1 amide bonds. The van der Waals surface area contributed by atoms with Gasteiger partial charge >= 0.3 is 6.61 Å². The van der Waals surface area contributed by atoms with Crippen molar-refractivity contribution in [2.75, 3.05) is 19.7 Å². The van der Waals surface area contributed by atoms with Crippen LogP contribution in [-0.4, -0.2) is 48.8 Å². The summed E-state index contributed by atoms with van der Waals surface area (Å²) in [6, 6.07) is 0. The molecule has 3 fully saturated rings. The lowest BCUT2D eigenvalue weighted by atomic mass is 9.71. The Morgan fingerprint density at radius 2 is 2.11 bits per heavy atom. The normalized spacial score (nSPS) is 30.3. The standard InChI is InChI=1S/C13H19F2NO3/c14-12(15)19-10-7-16(8-10)11(17)9-2-5-18-13(6-9)3-1-4-13/h9-10,12H,1-8H2.